The number of piperidine rings is 1. The number of carboxylic acids is 1. The van der Waals surface area contributed by atoms with Crippen LogP contribution >= 0.6 is 11.6 Å². The van der Waals surface area contributed by atoms with E-state index in [0.29, 0.717) is 26.1 Å². The smallest absolute Gasteiger partial charge is 0.315 e. The van der Waals surface area contributed by atoms with Gasteiger partial charge in [-0.15, -0.1) is 11.6 Å². The highest BCUT2D eigenvalue weighted by Crippen LogP contribution is 2.16. The average Bonchev–Trinajstić information content (AvgIpc) is 2.43. The van der Waals surface area contributed by atoms with Gasteiger partial charge in [0.2, 0.25) is 0 Å². The zero-order valence-electron chi connectivity index (χ0n) is 11.6. The van der Waals surface area contributed by atoms with Crippen molar-refractivity contribution in [3.63, 3.8) is 0 Å². The first-order valence-electron chi connectivity index (χ1n) is 6.66. The summed E-state index contributed by atoms with van der Waals surface area (Å²) in [6.07, 6.45) is 0.337. The molecule has 0 bridgehead atoms. The van der Waals surface area contributed by atoms with Gasteiger partial charge in [-0.25, -0.2) is 0 Å². The first kappa shape index (κ1) is 16.7. The van der Waals surface area contributed by atoms with E-state index in [1.807, 2.05) is 42.2 Å². The van der Waals surface area contributed by atoms with Crippen LogP contribution in [-0.4, -0.2) is 40.7 Å². The van der Waals surface area contributed by atoms with Crippen molar-refractivity contribution in [1.29, 1.82) is 0 Å². The predicted octanol–water partition coefficient (Wildman–Crippen LogP) is 2.41. The first-order chi connectivity index (χ1) is 9.58. The molecule has 0 saturated carbocycles. The van der Waals surface area contributed by atoms with E-state index in [-0.39, 0.29) is 5.78 Å². The number of nitrogens with zero attached hydrogens (tertiary/aromatic N) is 1. The van der Waals surface area contributed by atoms with Gasteiger partial charge in [0.25, 0.3) is 0 Å². The summed E-state index contributed by atoms with van der Waals surface area (Å²) in [7, 11) is 0. The Morgan fingerprint density at radius 1 is 1.40 bits per heavy atom. The van der Waals surface area contributed by atoms with Crippen molar-refractivity contribution >= 4 is 23.4 Å². The van der Waals surface area contributed by atoms with Gasteiger partial charge >= 0.3 is 5.97 Å². The average molecular weight is 298 g/mol. The molecule has 0 amide bonds. The molecule has 1 heterocycles. The maximum atomic E-state index is 11.4. The lowest BCUT2D eigenvalue weighted by Crippen LogP contribution is -2.43. The van der Waals surface area contributed by atoms with Crippen LogP contribution in [0.2, 0.25) is 0 Å². The standard InChI is InChI=1S/C13H15NO3.C2H5Cl/c15-12-6-7-14(9-11(12)13(16)17)8-10-4-2-1-3-5-10;1-2-3/h1-5,11H,6-9H2,(H,16,17);2H2,1H3. The lowest BCUT2D eigenvalue weighted by atomic mass is 9.96. The zero-order valence-corrected chi connectivity index (χ0v) is 12.3. The van der Waals surface area contributed by atoms with Gasteiger partial charge in [-0.3, -0.25) is 14.5 Å². The molecule has 1 aromatic rings. The highest BCUT2D eigenvalue weighted by atomic mass is 35.5. The van der Waals surface area contributed by atoms with Crippen LogP contribution < -0.4 is 0 Å². The molecule has 1 aliphatic rings. The second-order valence-corrected chi connectivity index (χ2v) is 5.13. The summed E-state index contributed by atoms with van der Waals surface area (Å²) in [6.45, 7) is 3.57. The molecule has 110 valence electrons. The van der Waals surface area contributed by atoms with Gasteiger partial charge in [0, 0.05) is 31.9 Å². The van der Waals surface area contributed by atoms with Crippen LogP contribution in [0.5, 0.6) is 0 Å². The van der Waals surface area contributed by atoms with Gasteiger partial charge in [-0.05, 0) is 5.56 Å². The van der Waals surface area contributed by atoms with Crippen molar-refractivity contribution in [3.05, 3.63) is 35.9 Å². The lowest BCUT2D eigenvalue weighted by Gasteiger charge is -2.29. The molecule has 0 aliphatic carbocycles. The third kappa shape index (κ3) is 5.31. The quantitative estimate of drug-likeness (QED) is 0.687. The van der Waals surface area contributed by atoms with Crippen LogP contribution in [0.1, 0.15) is 18.9 Å². The van der Waals surface area contributed by atoms with Crippen LogP contribution in [0.25, 0.3) is 0 Å². The molecule has 1 fully saturated rings. The number of Topliss-reactive ketones (excluding diaryl/α,β-unsaturated/α-hetero) is 1. The monoisotopic (exact) mass is 297 g/mol. The van der Waals surface area contributed by atoms with Crippen molar-refractivity contribution in [3.8, 4) is 0 Å². The fourth-order valence-corrected chi connectivity index (χ4v) is 2.09. The summed E-state index contributed by atoms with van der Waals surface area (Å²) < 4.78 is 0. The minimum absolute atomic E-state index is 0.151. The molecule has 0 aromatic heterocycles. The molecule has 1 N–H and O–H groups in total. The van der Waals surface area contributed by atoms with Gasteiger partial charge in [0.15, 0.2) is 0 Å². The number of ketones is 1. The number of rotatable bonds is 3. The van der Waals surface area contributed by atoms with E-state index in [4.69, 9.17) is 16.7 Å². The summed E-state index contributed by atoms with van der Waals surface area (Å²) in [4.78, 5) is 24.4. The van der Waals surface area contributed by atoms with Crippen LogP contribution in [0.15, 0.2) is 30.3 Å². The van der Waals surface area contributed by atoms with Crippen LogP contribution in [-0.2, 0) is 16.1 Å². The second-order valence-electron chi connectivity index (χ2n) is 4.60. The number of benzene rings is 1. The highest BCUT2D eigenvalue weighted by molar-refractivity contribution is 6.17. The Bertz CT molecular complexity index is 436. The van der Waals surface area contributed by atoms with Crippen molar-refractivity contribution in [1.82, 2.24) is 4.90 Å². The van der Waals surface area contributed by atoms with Gasteiger partial charge < -0.3 is 5.11 Å². The molecule has 0 spiro atoms. The molecule has 4 nitrogen and oxygen atoms in total. The van der Waals surface area contributed by atoms with E-state index in [1.54, 1.807) is 0 Å². The Morgan fingerprint density at radius 3 is 2.55 bits per heavy atom. The largest absolute Gasteiger partial charge is 0.481 e. The molecule has 2 rings (SSSR count). The highest BCUT2D eigenvalue weighted by Gasteiger charge is 2.32. The molecule has 1 saturated heterocycles. The number of hydrogen-bond acceptors (Lipinski definition) is 3. The SMILES string of the molecule is CCCl.O=C(O)C1CN(Cc2ccccc2)CCC1=O. The Labute approximate surface area is 124 Å². The third-order valence-corrected chi connectivity index (χ3v) is 3.05. The van der Waals surface area contributed by atoms with E-state index >= 15 is 0 Å². The topological polar surface area (TPSA) is 57.6 Å². The van der Waals surface area contributed by atoms with Gasteiger partial charge in [-0.2, -0.15) is 0 Å². The molecule has 1 unspecified atom stereocenters. The molecule has 1 aromatic carbocycles. The van der Waals surface area contributed by atoms with Crippen molar-refractivity contribution in [2.75, 3.05) is 19.0 Å². The van der Waals surface area contributed by atoms with E-state index in [0.717, 1.165) is 11.4 Å². The number of likely N-dealkylation sites (tertiary alicyclic amines) is 1. The fraction of sp³-hybridized carbons (Fsp3) is 0.467. The first-order valence-corrected chi connectivity index (χ1v) is 7.19. The predicted molar refractivity (Wildman–Crippen MR) is 78.9 cm³/mol. The Hall–Kier alpha value is -1.39. The van der Waals surface area contributed by atoms with E-state index in [1.165, 1.54) is 0 Å². The normalized spacial score (nSPS) is 19.1. The van der Waals surface area contributed by atoms with Crippen LogP contribution in [0, 0.1) is 5.92 Å². The third-order valence-electron chi connectivity index (χ3n) is 3.05. The minimum Gasteiger partial charge on any atom is -0.481 e. The maximum absolute atomic E-state index is 11.4. The molecule has 1 atom stereocenters. The summed E-state index contributed by atoms with van der Waals surface area (Å²) in [6, 6.07) is 9.87. The summed E-state index contributed by atoms with van der Waals surface area (Å²) in [5, 5.41) is 8.95. The van der Waals surface area contributed by atoms with Crippen LogP contribution in [0.3, 0.4) is 0 Å². The lowest BCUT2D eigenvalue weighted by molar-refractivity contribution is -0.148. The maximum Gasteiger partial charge on any atom is 0.315 e. The van der Waals surface area contributed by atoms with Crippen molar-refractivity contribution < 1.29 is 14.7 Å². The van der Waals surface area contributed by atoms with Gasteiger partial charge in [0.05, 0.1) is 0 Å². The number of carbonyl (C=O) groups excluding carboxylic acids is 1. The molecular weight excluding hydrogens is 278 g/mol. The number of carbonyl (C=O) groups is 2. The molecule has 5 heteroatoms. The second kappa shape index (κ2) is 8.72. The zero-order chi connectivity index (χ0) is 15.0. The summed E-state index contributed by atoms with van der Waals surface area (Å²) >= 11 is 5.00. The number of carboxylic acid groups (broad SMARTS) is 1. The number of aliphatic carboxylic acids is 1. The Morgan fingerprint density at radius 2 is 2.00 bits per heavy atom. The van der Waals surface area contributed by atoms with E-state index < -0.39 is 11.9 Å². The number of halogens is 1. The van der Waals surface area contributed by atoms with E-state index in [9.17, 15) is 9.59 Å². The molecule has 1 aliphatic heterocycles. The van der Waals surface area contributed by atoms with Crippen LogP contribution in [0.4, 0.5) is 0 Å². The van der Waals surface area contributed by atoms with E-state index in [2.05, 4.69) is 0 Å². The van der Waals surface area contributed by atoms with Gasteiger partial charge in [0.1, 0.15) is 11.7 Å². The molecule has 0 radical (unpaired) electrons. The molecular formula is C15H20ClNO3. The minimum atomic E-state index is -1.01. The fourth-order valence-electron chi connectivity index (χ4n) is 2.09. The van der Waals surface area contributed by atoms with Crippen molar-refractivity contribution in [2.45, 2.75) is 19.9 Å². The summed E-state index contributed by atoms with van der Waals surface area (Å²) in [5.41, 5.74) is 1.14. The van der Waals surface area contributed by atoms with Crippen molar-refractivity contribution in [2.24, 2.45) is 5.92 Å². The van der Waals surface area contributed by atoms with Gasteiger partial charge in [-0.1, -0.05) is 37.3 Å². The number of hydrogen-bond donors (Lipinski definition) is 1. The Balaban J connectivity index is 0.000000612. The molecule has 20 heavy (non-hydrogen) atoms. The number of alkyl halides is 1. The summed E-state index contributed by atoms with van der Waals surface area (Å²) in [5.74, 6) is -1.29. The Kier molecular flexibility index (Phi) is 7.26.